The molecule has 2 N–H and O–H groups in total. The molecule has 0 bridgehead atoms. The molecule has 1 aromatic heterocycles. The van der Waals surface area contributed by atoms with E-state index in [1.807, 2.05) is 11.9 Å². The summed E-state index contributed by atoms with van der Waals surface area (Å²) in [4.78, 5) is 1.99. The summed E-state index contributed by atoms with van der Waals surface area (Å²) in [6.45, 7) is 2.89. The fourth-order valence-corrected chi connectivity index (χ4v) is 1.17. The van der Waals surface area contributed by atoms with Gasteiger partial charge in [-0.1, -0.05) is 6.92 Å². The second-order valence-corrected chi connectivity index (χ2v) is 2.73. The Balaban J connectivity index is 2.71. The molecule has 1 heterocycles. The monoisotopic (exact) mass is 169 g/mol. The Morgan fingerprint density at radius 1 is 1.67 bits per heavy atom. The Bertz CT molecular complexity index is 234. The molecule has 12 heavy (non-hydrogen) atoms. The number of anilines is 1. The molecule has 4 nitrogen and oxygen atoms in total. The number of H-pyrrole nitrogens is 1. The van der Waals surface area contributed by atoms with Crippen molar-refractivity contribution in [1.29, 1.82) is 0 Å². The number of aliphatic hydroxyl groups is 1. The van der Waals surface area contributed by atoms with E-state index >= 15 is 0 Å². The molecule has 0 spiro atoms. The van der Waals surface area contributed by atoms with Crippen molar-refractivity contribution in [2.75, 3.05) is 25.1 Å². The van der Waals surface area contributed by atoms with Gasteiger partial charge in [-0.25, -0.2) is 0 Å². The molecule has 0 unspecified atom stereocenters. The van der Waals surface area contributed by atoms with Crippen LogP contribution in [0.4, 0.5) is 5.69 Å². The number of nitrogens with one attached hydrogen (secondary N) is 1. The number of aromatic amines is 1. The molecule has 1 rings (SSSR count). The lowest BCUT2D eigenvalue weighted by atomic mass is 10.3. The van der Waals surface area contributed by atoms with Crippen molar-refractivity contribution in [2.45, 2.75) is 13.3 Å². The van der Waals surface area contributed by atoms with Gasteiger partial charge in [0.05, 0.1) is 24.2 Å². The molecule has 0 fully saturated rings. The van der Waals surface area contributed by atoms with Gasteiger partial charge in [0.25, 0.3) is 0 Å². The molecule has 68 valence electrons. The largest absolute Gasteiger partial charge is 0.395 e. The van der Waals surface area contributed by atoms with E-state index in [1.54, 1.807) is 6.20 Å². The van der Waals surface area contributed by atoms with Gasteiger partial charge < -0.3 is 10.0 Å². The lowest BCUT2D eigenvalue weighted by Gasteiger charge is -2.16. The summed E-state index contributed by atoms with van der Waals surface area (Å²) in [5.41, 5.74) is 2.19. The van der Waals surface area contributed by atoms with Gasteiger partial charge in [0, 0.05) is 13.6 Å². The van der Waals surface area contributed by atoms with Crippen LogP contribution >= 0.6 is 0 Å². The van der Waals surface area contributed by atoms with Gasteiger partial charge in [-0.05, 0) is 6.42 Å². The van der Waals surface area contributed by atoms with E-state index in [4.69, 9.17) is 5.11 Å². The van der Waals surface area contributed by atoms with E-state index in [0.717, 1.165) is 17.8 Å². The Morgan fingerprint density at radius 2 is 2.42 bits per heavy atom. The van der Waals surface area contributed by atoms with Crippen LogP contribution < -0.4 is 4.90 Å². The lowest BCUT2D eigenvalue weighted by molar-refractivity contribution is 0.304. The van der Waals surface area contributed by atoms with Crippen molar-refractivity contribution >= 4 is 5.69 Å². The summed E-state index contributed by atoms with van der Waals surface area (Å²) < 4.78 is 0. The quantitative estimate of drug-likeness (QED) is 0.686. The van der Waals surface area contributed by atoms with Crippen molar-refractivity contribution in [2.24, 2.45) is 0 Å². The SMILES string of the molecule is CCc1[nH]ncc1N(C)CCO. The highest BCUT2D eigenvalue weighted by Crippen LogP contribution is 2.15. The molecule has 0 aliphatic carbocycles. The third kappa shape index (κ3) is 1.76. The molecular formula is C8H15N3O. The Morgan fingerprint density at radius 3 is 3.00 bits per heavy atom. The van der Waals surface area contributed by atoms with Crippen LogP contribution in [0.1, 0.15) is 12.6 Å². The van der Waals surface area contributed by atoms with E-state index in [0.29, 0.717) is 6.54 Å². The fourth-order valence-electron chi connectivity index (χ4n) is 1.17. The summed E-state index contributed by atoms with van der Waals surface area (Å²) in [6, 6.07) is 0. The summed E-state index contributed by atoms with van der Waals surface area (Å²) >= 11 is 0. The van der Waals surface area contributed by atoms with Crippen LogP contribution in [-0.2, 0) is 6.42 Å². The number of nitrogens with zero attached hydrogens (tertiary/aromatic N) is 2. The summed E-state index contributed by atoms with van der Waals surface area (Å²) in [5, 5.41) is 15.6. The predicted molar refractivity (Wildman–Crippen MR) is 48.3 cm³/mol. The highest BCUT2D eigenvalue weighted by atomic mass is 16.3. The first-order valence-electron chi connectivity index (χ1n) is 4.13. The van der Waals surface area contributed by atoms with E-state index in [1.165, 1.54) is 0 Å². The first kappa shape index (κ1) is 9.06. The predicted octanol–water partition coefficient (Wildman–Crippen LogP) is 0.401. The average molecular weight is 169 g/mol. The highest BCUT2D eigenvalue weighted by Gasteiger charge is 2.06. The van der Waals surface area contributed by atoms with Gasteiger partial charge in [-0.2, -0.15) is 5.10 Å². The lowest BCUT2D eigenvalue weighted by Crippen LogP contribution is -2.21. The van der Waals surface area contributed by atoms with E-state index in [9.17, 15) is 0 Å². The average Bonchev–Trinajstić information content (AvgIpc) is 2.51. The Kier molecular flexibility index (Phi) is 3.10. The molecule has 0 saturated carbocycles. The molecule has 0 radical (unpaired) electrons. The number of likely N-dealkylation sites (N-methyl/N-ethyl adjacent to an activating group) is 1. The molecule has 0 aromatic carbocycles. The Labute approximate surface area is 72.2 Å². The van der Waals surface area contributed by atoms with Gasteiger partial charge in [0.15, 0.2) is 0 Å². The minimum Gasteiger partial charge on any atom is -0.395 e. The molecule has 0 aliphatic rings. The minimum absolute atomic E-state index is 0.171. The van der Waals surface area contributed by atoms with Crippen LogP contribution in [0.2, 0.25) is 0 Å². The number of hydrogen-bond acceptors (Lipinski definition) is 3. The molecule has 0 aliphatic heterocycles. The third-order valence-corrected chi connectivity index (χ3v) is 1.90. The van der Waals surface area contributed by atoms with E-state index in [-0.39, 0.29) is 6.61 Å². The van der Waals surface area contributed by atoms with Gasteiger partial charge in [0.1, 0.15) is 0 Å². The number of aromatic nitrogens is 2. The maximum atomic E-state index is 8.73. The molecule has 0 amide bonds. The summed E-state index contributed by atoms with van der Waals surface area (Å²) in [5.74, 6) is 0. The second kappa shape index (κ2) is 4.11. The zero-order valence-corrected chi connectivity index (χ0v) is 7.54. The van der Waals surface area contributed by atoms with Crippen molar-refractivity contribution in [3.8, 4) is 0 Å². The van der Waals surface area contributed by atoms with Gasteiger partial charge in [-0.3, -0.25) is 5.10 Å². The minimum atomic E-state index is 0.171. The van der Waals surface area contributed by atoms with Crippen LogP contribution in [0.15, 0.2) is 6.20 Å². The van der Waals surface area contributed by atoms with Crippen LogP contribution in [-0.4, -0.2) is 35.5 Å². The maximum absolute atomic E-state index is 8.73. The van der Waals surface area contributed by atoms with Crippen molar-refractivity contribution in [3.05, 3.63) is 11.9 Å². The van der Waals surface area contributed by atoms with Gasteiger partial charge in [0.2, 0.25) is 0 Å². The maximum Gasteiger partial charge on any atom is 0.0780 e. The molecule has 1 aromatic rings. The molecule has 0 saturated heterocycles. The Hall–Kier alpha value is -1.03. The second-order valence-electron chi connectivity index (χ2n) is 2.73. The van der Waals surface area contributed by atoms with Crippen molar-refractivity contribution < 1.29 is 5.11 Å². The zero-order valence-electron chi connectivity index (χ0n) is 7.54. The number of rotatable bonds is 4. The smallest absolute Gasteiger partial charge is 0.0780 e. The first-order chi connectivity index (χ1) is 5.79. The molecule has 0 atom stereocenters. The van der Waals surface area contributed by atoms with Gasteiger partial charge >= 0.3 is 0 Å². The topological polar surface area (TPSA) is 52.2 Å². The van der Waals surface area contributed by atoms with Crippen molar-refractivity contribution in [1.82, 2.24) is 10.2 Å². The third-order valence-electron chi connectivity index (χ3n) is 1.90. The zero-order chi connectivity index (χ0) is 8.97. The summed E-state index contributed by atoms with van der Waals surface area (Å²) in [7, 11) is 1.94. The molecular weight excluding hydrogens is 154 g/mol. The fraction of sp³-hybridized carbons (Fsp3) is 0.625. The number of aliphatic hydroxyl groups excluding tert-OH is 1. The van der Waals surface area contributed by atoms with Crippen LogP contribution in [0, 0.1) is 0 Å². The van der Waals surface area contributed by atoms with Crippen molar-refractivity contribution in [3.63, 3.8) is 0 Å². The van der Waals surface area contributed by atoms with Crippen LogP contribution in [0.3, 0.4) is 0 Å². The number of hydrogen-bond donors (Lipinski definition) is 2. The van der Waals surface area contributed by atoms with Crippen LogP contribution in [0.25, 0.3) is 0 Å². The summed E-state index contributed by atoms with van der Waals surface area (Å²) in [6.07, 6.45) is 2.72. The highest BCUT2D eigenvalue weighted by molar-refractivity contribution is 5.48. The van der Waals surface area contributed by atoms with Gasteiger partial charge in [-0.15, -0.1) is 0 Å². The normalized spacial score (nSPS) is 10.2. The molecule has 4 heteroatoms. The first-order valence-corrected chi connectivity index (χ1v) is 4.13. The van der Waals surface area contributed by atoms with E-state index < -0.39 is 0 Å². The van der Waals surface area contributed by atoms with E-state index in [2.05, 4.69) is 17.1 Å². The standard InChI is InChI=1S/C8H15N3O/c1-3-7-8(6-9-10-7)11(2)4-5-12/h6,12H,3-5H2,1-2H3,(H,9,10). The van der Waals surface area contributed by atoms with Crippen LogP contribution in [0.5, 0.6) is 0 Å². The number of aryl methyl sites for hydroxylation is 1.